The molecule has 1 aromatic carbocycles. The van der Waals surface area contributed by atoms with Crippen LogP contribution in [0, 0.1) is 6.92 Å². The number of aryl methyl sites for hydroxylation is 1. The number of halogens is 1. The number of rotatable bonds is 6. The molecule has 22 heavy (non-hydrogen) atoms. The highest BCUT2D eigenvalue weighted by molar-refractivity contribution is 5.99. The van der Waals surface area contributed by atoms with Crippen LogP contribution in [0.5, 0.6) is 0 Å². The lowest BCUT2D eigenvalue weighted by Crippen LogP contribution is -2.35. The van der Waals surface area contributed by atoms with Gasteiger partial charge >= 0.3 is 5.63 Å². The van der Waals surface area contributed by atoms with E-state index in [1.807, 2.05) is 12.1 Å². The van der Waals surface area contributed by atoms with E-state index in [1.54, 1.807) is 19.1 Å². The van der Waals surface area contributed by atoms with Gasteiger partial charge in [-0.05, 0) is 31.5 Å². The summed E-state index contributed by atoms with van der Waals surface area (Å²) in [6.07, 6.45) is 1.04. The summed E-state index contributed by atoms with van der Waals surface area (Å²) in [7, 11) is 0. The molecule has 2 aromatic rings. The van der Waals surface area contributed by atoms with Gasteiger partial charge in [0.15, 0.2) is 0 Å². The van der Waals surface area contributed by atoms with Crippen molar-refractivity contribution in [2.75, 3.05) is 19.6 Å². The molecular weight excluding hydrogens is 304 g/mol. The molecule has 5 nitrogen and oxygen atoms in total. The number of benzene rings is 1. The van der Waals surface area contributed by atoms with E-state index in [4.69, 9.17) is 4.42 Å². The van der Waals surface area contributed by atoms with E-state index in [-0.39, 0.29) is 23.9 Å². The molecule has 0 aliphatic rings. The Labute approximate surface area is 135 Å². The average molecular weight is 325 g/mol. The van der Waals surface area contributed by atoms with Crippen LogP contribution in [0.25, 0.3) is 11.0 Å². The van der Waals surface area contributed by atoms with Gasteiger partial charge in [0.1, 0.15) is 11.1 Å². The summed E-state index contributed by atoms with van der Waals surface area (Å²) in [6, 6.07) is 7.21. The molecule has 1 amide bonds. The number of para-hydroxylation sites is 1. The van der Waals surface area contributed by atoms with Crippen LogP contribution in [0.1, 0.15) is 29.3 Å². The Balaban J connectivity index is 0.00000242. The van der Waals surface area contributed by atoms with Gasteiger partial charge in [0.05, 0.1) is 0 Å². The van der Waals surface area contributed by atoms with Gasteiger partial charge in [-0.2, -0.15) is 0 Å². The first-order valence-corrected chi connectivity index (χ1v) is 7.16. The number of amides is 1. The molecule has 0 radical (unpaired) electrons. The van der Waals surface area contributed by atoms with E-state index in [2.05, 4.69) is 17.6 Å². The van der Waals surface area contributed by atoms with Crippen molar-refractivity contribution in [2.24, 2.45) is 0 Å². The van der Waals surface area contributed by atoms with E-state index in [0.29, 0.717) is 24.2 Å². The van der Waals surface area contributed by atoms with Crippen molar-refractivity contribution in [3.8, 4) is 0 Å². The molecule has 0 atom stereocenters. The average Bonchev–Trinajstić information content (AvgIpc) is 2.47. The van der Waals surface area contributed by atoms with Gasteiger partial charge in [0.2, 0.25) is 0 Å². The third-order valence-corrected chi connectivity index (χ3v) is 3.31. The first kappa shape index (κ1) is 18.2. The van der Waals surface area contributed by atoms with Crippen molar-refractivity contribution in [3.63, 3.8) is 0 Å². The van der Waals surface area contributed by atoms with Crippen molar-refractivity contribution in [1.29, 1.82) is 0 Å². The van der Waals surface area contributed by atoms with E-state index in [0.717, 1.165) is 18.4 Å². The van der Waals surface area contributed by atoms with Crippen molar-refractivity contribution in [1.82, 2.24) is 10.6 Å². The predicted molar refractivity (Wildman–Crippen MR) is 90.0 cm³/mol. The van der Waals surface area contributed by atoms with E-state index in [1.165, 1.54) is 0 Å². The van der Waals surface area contributed by atoms with Crippen LogP contribution in [0.15, 0.2) is 33.5 Å². The van der Waals surface area contributed by atoms with Crippen molar-refractivity contribution in [3.05, 3.63) is 45.8 Å². The molecule has 0 saturated carbocycles. The fourth-order valence-corrected chi connectivity index (χ4v) is 2.22. The number of fused-ring (bicyclic) bond motifs is 1. The van der Waals surface area contributed by atoms with Crippen LogP contribution < -0.4 is 16.3 Å². The van der Waals surface area contributed by atoms with Crippen molar-refractivity contribution >= 4 is 29.3 Å². The minimum atomic E-state index is -0.592. The van der Waals surface area contributed by atoms with Gasteiger partial charge < -0.3 is 15.1 Å². The first-order valence-electron chi connectivity index (χ1n) is 7.16. The normalized spacial score (nSPS) is 10.3. The summed E-state index contributed by atoms with van der Waals surface area (Å²) in [5, 5.41) is 6.71. The molecule has 0 fully saturated rings. The zero-order chi connectivity index (χ0) is 15.2. The van der Waals surface area contributed by atoms with Gasteiger partial charge in [0.25, 0.3) is 5.91 Å². The highest BCUT2D eigenvalue weighted by atomic mass is 35.5. The molecule has 1 heterocycles. The van der Waals surface area contributed by atoms with Crippen LogP contribution in [0.4, 0.5) is 0 Å². The zero-order valence-corrected chi connectivity index (χ0v) is 13.6. The lowest BCUT2D eigenvalue weighted by molar-refractivity contribution is 0.0950. The third kappa shape index (κ3) is 4.08. The second kappa shape index (κ2) is 8.56. The van der Waals surface area contributed by atoms with Gasteiger partial charge in [-0.3, -0.25) is 4.79 Å². The third-order valence-electron chi connectivity index (χ3n) is 3.31. The molecule has 0 bridgehead atoms. The van der Waals surface area contributed by atoms with Gasteiger partial charge in [-0.15, -0.1) is 12.4 Å². The molecule has 2 rings (SSSR count). The Bertz CT molecular complexity index is 697. The van der Waals surface area contributed by atoms with Crippen molar-refractivity contribution < 1.29 is 9.21 Å². The summed E-state index contributed by atoms with van der Waals surface area (Å²) in [5.74, 6) is -0.384. The largest absolute Gasteiger partial charge is 0.422 e. The van der Waals surface area contributed by atoms with Crippen molar-refractivity contribution in [2.45, 2.75) is 20.3 Å². The van der Waals surface area contributed by atoms with Crippen LogP contribution in [0.3, 0.4) is 0 Å². The summed E-state index contributed by atoms with van der Waals surface area (Å²) < 4.78 is 5.21. The minimum Gasteiger partial charge on any atom is -0.422 e. The lowest BCUT2D eigenvalue weighted by Gasteiger charge is -2.09. The Morgan fingerprint density at radius 1 is 1.18 bits per heavy atom. The molecule has 120 valence electrons. The maximum Gasteiger partial charge on any atom is 0.349 e. The quantitative estimate of drug-likeness (QED) is 0.631. The van der Waals surface area contributed by atoms with Crippen LogP contribution >= 0.6 is 12.4 Å². The minimum absolute atomic E-state index is 0. The van der Waals surface area contributed by atoms with E-state index >= 15 is 0 Å². The maximum atomic E-state index is 12.2. The molecule has 0 spiro atoms. The smallest absolute Gasteiger partial charge is 0.349 e. The monoisotopic (exact) mass is 324 g/mol. The number of hydrogen-bond donors (Lipinski definition) is 2. The van der Waals surface area contributed by atoms with Crippen LogP contribution in [0.2, 0.25) is 0 Å². The molecule has 0 saturated heterocycles. The molecule has 6 heteroatoms. The highest BCUT2D eigenvalue weighted by Crippen LogP contribution is 2.18. The summed E-state index contributed by atoms with van der Waals surface area (Å²) >= 11 is 0. The predicted octanol–water partition coefficient (Wildman–Crippen LogP) is 2.25. The number of carbonyl (C=O) groups excluding carboxylic acids is 1. The van der Waals surface area contributed by atoms with Crippen LogP contribution in [-0.4, -0.2) is 25.5 Å². The lowest BCUT2D eigenvalue weighted by atomic mass is 10.1. The maximum absolute atomic E-state index is 12.2. The molecule has 1 aromatic heterocycles. The standard InChI is InChI=1S/C16H20N2O3.ClH/c1-3-8-17-9-10-18-15(19)14-11(2)12-6-4-5-7-13(12)21-16(14)20;/h4-7,17H,3,8-10H2,1-2H3,(H,18,19);1H. The number of nitrogens with one attached hydrogen (secondary N) is 2. The summed E-state index contributed by atoms with van der Waals surface area (Å²) in [4.78, 5) is 24.2. The fraction of sp³-hybridized carbons (Fsp3) is 0.375. The second-order valence-electron chi connectivity index (χ2n) is 4.89. The zero-order valence-electron chi connectivity index (χ0n) is 12.8. The molecular formula is C16H21ClN2O3. The van der Waals surface area contributed by atoms with Gasteiger partial charge in [-0.25, -0.2) is 4.79 Å². The Morgan fingerprint density at radius 2 is 1.91 bits per heavy atom. The number of hydrogen-bond acceptors (Lipinski definition) is 4. The second-order valence-corrected chi connectivity index (χ2v) is 4.89. The SMILES string of the molecule is CCCNCCNC(=O)c1c(C)c2ccccc2oc1=O.Cl. The van der Waals surface area contributed by atoms with Gasteiger partial charge in [-0.1, -0.05) is 25.1 Å². The molecule has 0 aliphatic carbocycles. The van der Waals surface area contributed by atoms with Crippen LogP contribution in [-0.2, 0) is 0 Å². The fourth-order valence-electron chi connectivity index (χ4n) is 2.22. The highest BCUT2D eigenvalue weighted by Gasteiger charge is 2.17. The Morgan fingerprint density at radius 3 is 2.64 bits per heavy atom. The first-order chi connectivity index (χ1) is 10.1. The topological polar surface area (TPSA) is 71.3 Å². The molecule has 0 aliphatic heterocycles. The Kier molecular flexibility index (Phi) is 7.08. The van der Waals surface area contributed by atoms with E-state index < -0.39 is 5.63 Å². The summed E-state index contributed by atoms with van der Waals surface area (Å²) in [5.41, 5.74) is 0.649. The number of carbonyl (C=O) groups is 1. The van der Waals surface area contributed by atoms with E-state index in [9.17, 15) is 9.59 Å². The summed E-state index contributed by atoms with van der Waals surface area (Å²) in [6.45, 7) is 5.91. The Hall–Kier alpha value is -1.85. The molecule has 0 unspecified atom stereocenters. The molecule has 2 N–H and O–H groups in total. The van der Waals surface area contributed by atoms with Gasteiger partial charge in [0, 0.05) is 18.5 Å².